The van der Waals surface area contributed by atoms with Gasteiger partial charge in [-0.25, -0.2) is 9.78 Å². The average Bonchev–Trinajstić information content (AvgIpc) is 2.72. The minimum atomic E-state index is -4.48. The lowest BCUT2D eigenvalue weighted by atomic mass is 10.3. The lowest BCUT2D eigenvalue weighted by Crippen LogP contribution is -2.07. The Kier molecular flexibility index (Phi) is 3.44. The molecule has 19 heavy (non-hydrogen) atoms. The minimum Gasteiger partial charge on any atom is -0.476 e. The van der Waals surface area contributed by atoms with E-state index < -0.39 is 17.7 Å². The van der Waals surface area contributed by atoms with E-state index in [0.717, 1.165) is 22.9 Å². The van der Waals surface area contributed by atoms with Gasteiger partial charge in [-0.15, -0.1) is 11.8 Å². The van der Waals surface area contributed by atoms with Crippen molar-refractivity contribution in [3.63, 3.8) is 0 Å². The molecule has 4 nitrogen and oxygen atoms in total. The van der Waals surface area contributed by atoms with Gasteiger partial charge in [0.25, 0.3) is 0 Å². The first-order valence-electron chi connectivity index (χ1n) is 5.29. The molecule has 0 aliphatic carbocycles. The number of carboxylic acids is 1. The van der Waals surface area contributed by atoms with Gasteiger partial charge < -0.3 is 9.51 Å². The highest BCUT2D eigenvalue weighted by molar-refractivity contribution is 7.99. The molecule has 0 spiro atoms. The summed E-state index contributed by atoms with van der Waals surface area (Å²) in [4.78, 5) is 15.0. The summed E-state index contributed by atoms with van der Waals surface area (Å²) < 4.78 is 39.3. The monoisotopic (exact) mass is 290 g/mol. The highest BCUT2D eigenvalue weighted by Gasteiger charge is 2.32. The number of hydrogen-bond donors (Lipinski definition) is 1. The summed E-state index contributed by atoms with van der Waals surface area (Å²) in [5, 5.41) is 8.83. The molecule has 8 heteroatoms. The predicted octanol–water partition coefficient (Wildman–Crippen LogP) is 3.16. The molecule has 0 fully saturated rings. The Labute approximate surface area is 110 Å². The van der Waals surface area contributed by atoms with E-state index in [1.165, 1.54) is 11.8 Å². The fourth-order valence-corrected chi connectivity index (χ4v) is 2.39. The zero-order valence-electron chi connectivity index (χ0n) is 9.73. The molecule has 0 unspecified atom stereocenters. The molecule has 0 aromatic carbocycles. The molecule has 0 radical (unpaired) electrons. The smallest absolute Gasteiger partial charge is 0.417 e. The maximum Gasteiger partial charge on any atom is 0.417 e. The number of hydrogen-bond acceptors (Lipinski definition) is 3. The topological polar surface area (TPSA) is 54.6 Å². The van der Waals surface area contributed by atoms with Crippen molar-refractivity contribution in [2.45, 2.75) is 18.0 Å². The van der Waals surface area contributed by atoms with Crippen LogP contribution in [0.3, 0.4) is 0 Å². The Balaban J connectivity index is 2.68. The Morgan fingerprint density at radius 3 is 2.68 bits per heavy atom. The van der Waals surface area contributed by atoms with Gasteiger partial charge in [0.15, 0.2) is 11.3 Å². The zero-order chi connectivity index (χ0) is 14.2. The first-order valence-corrected chi connectivity index (χ1v) is 6.27. The maximum atomic E-state index is 12.7. The summed E-state index contributed by atoms with van der Waals surface area (Å²) in [6.45, 7) is 1.79. The van der Waals surface area contributed by atoms with Crippen LogP contribution >= 0.6 is 11.8 Å². The van der Waals surface area contributed by atoms with Crippen molar-refractivity contribution in [2.75, 3.05) is 5.75 Å². The second-order valence-electron chi connectivity index (χ2n) is 3.69. The van der Waals surface area contributed by atoms with Crippen molar-refractivity contribution in [2.24, 2.45) is 0 Å². The largest absolute Gasteiger partial charge is 0.476 e. The summed E-state index contributed by atoms with van der Waals surface area (Å²) in [6, 6.07) is 0.988. The van der Waals surface area contributed by atoms with E-state index in [4.69, 9.17) is 5.11 Å². The van der Waals surface area contributed by atoms with Crippen molar-refractivity contribution < 1.29 is 23.1 Å². The van der Waals surface area contributed by atoms with Crippen LogP contribution in [0.4, 0.5) is 13.2 Å². The molecular weight excluding hydrogens is 281 g/mol. The number of aromatic carboxylic acids is 1. The average molecular weight is 290 g/mol. The van der Waals surface area contributed by atoms with Gasteiger partial charge in [-0.2, -0.15) is 13.2 Å². The number of aromatic nitrogens is 2. The normalized spacial score (nSPS) is 12.0. The summed E-state index contributed by atoms with van der Waals surface area (Å²) in [7, 11) is 0. The third kappa shape index (κ3) is 2.67. The van der Waals surface area contributed by atoms with E-state index in [9.17, 15) is 18.0 Å². The van der Waals surface area contributed by atoms with Gasteiger partial charge in [0.2, 0.25) is 0 Å². The first kappa shape index (κ1) is 13.7. The second-order valence-corrected chi connectivity index (χ2v) is 4.99. The van der Waals surface area contributed by atoms with Crippen molar-refractivity contribution in [3.05, 3.63) is 29.7 Å². The molecule has 102 valence electrons. The standard InChI is InChI=1S/C11H9F3N2O2S/c1-2-19-8-3-6(11(12,13)14)4-16-5-7(10(17)18)15-9(8)16/h3-5H,2H2,1H3,(H,17,18). The molecular formula is C11H9F3N2O2S. The fourth-order valence-electron chi connectivity index (χ4n) is 1.59. The SMILES string of the molecule is CCSc1cc(C(F)(F)F)cn2cc(C(=O)O)nc12. The fraction of sp³-hybridized carbons (Fsp3) is 0.273. The van der Waals surface area contributed by atoms with Crippen molar-refractivity contribution >= 4 is 23.4 Å². The van der Waals surface area contributed by atoms with Gasteiger partial charge >= 0.3 is 12.1 Å². The number of thioether (sulfide) groups is 1. The lowest BCUT2D eigenvalue weighted by molar-refractivity contribution is -0.138. The molecule has 1 N–H and O–H groups in total. The lowest BCUT2D eigenvalue weighted by Gasteiger charge is -2.09. The summed E-state index contributed by atoms with van der Waals surface area (Å²) in [6.07, 6.45) is -2.56. The third-order valence-corrected chi connectivity index (χ3v) is 3.26. The highest BCUT2D eigenvalue weighted by atomic mass is 32.2. The van der Waals surface area contributed by atoms with Crippen LogP contribution in [0.15, 0.2) is 23.4 Å². The molecule has 0 bridgehead atoms. The van der Waals surface area contributed by atoms with Crippen LogP contribution in [0, 0.1) is 0 Å². The van der Waals surface area contributed by atoms with E-state index in [1.54, 1.807) is 6.92 Å². The number of rotatable bonds is 3. The molecule has 2 heterocycles. The van der Waals surface area contributed by atoms with E-state index in [1.807, 2.05) is 0 Å². The van der Waals surface area contributed by atoms with Crippen molar-refractivity contribution in [1.29, 1.82) is 0 Å². The molecule has 0 aliphatic heterocycles. The van der Waals surface area contributed by atoms with E-state index >= 15 is 0 Å². The Morgan fingerprint density at radius 1 is 1.47 bits per heavy atom. The van der Waals surface area contributed by atoms with Gasteiger partial charge in [-0.05, 0) is 11.8 Å². The van der Waals surface area contributed by atoms with Crippen molar-refractivity contribution in [1.82, 2.24) is 9.38 Å². The summed E-state index contributed by atoms with van der Waals surface area (Å²) >= 11 is 1.18. The highest BCUT2D eigenvalue weighted by Crippen LogP contribution is 2.33. The summed E-state index contributed by atoms with van der Waals surface area (Å²) in [5.74, 6) is -0.712. The van der Waals surface area contributed by atoms with Gasteiger partial charge in [0, 0.05) is 12.4 Å². The van der Waals surface area contributed by atoms with Crippen LogP contribution in [0.25, 0.3) is 5.65 Å². The molecule has 0 aliphatic rings. The van der Waals surface area contributed by atoms with Crippen LogP contribution in [0.5, 0.6) is 0 Å². The van der Waals surface area contributed by atoms with Gasteiger partial charge in [-0.1, -0.05) is 6.92 Å². The Bertz CT molecular complexity index is 637. The third-order valence-electron chi connectivity index (χ3n) is 2.36. The first-order chi connectivity index (χ1) is 8.82. The van der Waals surface area contributed by atoms with Crippen LogP contribution < -0.4 is 0 Å². The zero-order valence-corrected chi connectivity index (χ0v) is 10.5. The van der Waals surface area contributed by atoms with Crippen LogP contribution in [0.2, 0.25) is 0 Å². The quantitative estimate of drug-likeness (QED) is 0.882. The van der Waals surface area contributed by atoms with Crippen LogP contribution in [0.1, 0.15) is 23.0 Å². The number of alkyl halides is 3. The van der Waals surface area contributed by atoms with Gasteiger partial charge in [0.05, 0.1) is 10.5 Å². The number of halogens is 3. The Morgan fingerprint density at radius 2 is 2.16 bits per heavy atom. The van der Waals surface area contributed by atoms with Gasteiger partial charge in [0.1, 0.15) is 0 Å². The molecule has 2 rings (SSSR count). The predicted molar refractivity (Wildman–Crippen MR) is 63.6 cm³/mol. The number of carbonyl (C=O) groups is 1. The number of imidazole rings is 1. The summed E-state index contributed by atoms with van der Waals surface area (Å²) in [5.41, 5.74) is -0.889. The molecule has 0 atom stereocenters. The molecule has 2 aromatic heterocycles. The molecule has 2 aromatic rings. The second kappa shape index (κ2) is 4.76. The number of carboxylic acid groups (broad SMARTS) is 1. The van der Waals surface area contributed by atoms with Gasteiger partial charge in [-0.3, -0.25) is 0 Å². The maximum absolute atomic E-state index is 12.7. The van der Waals surface area contributed by atoms with Crippen LogP contribution in [-0.4, -0.2) is 26.2 Å². The number of pyridine rings is 1. The Hall–Kier alpha value is -1.70. The van der Waals surface area contributed by atoms with E-state index in [2.05, 4.69) is 4.98 Å². The van der Waals surface area contributed by atoms with Crippen molar-refractivity contribution in [3.8, 4) is 0 Å². The molecule has 0 saturated carbocycles. The minimum absolute atomic E-state index is 0.220. The number of fused-ring (bicyclic) bond motifs is 1. The van der Waals surface area contributed by atoms with E-state index in [0.29, 0.717) is 10.6 Å². The molecule has 0 amide bonds. The molecule has 0 saturated heterocycles. The van der Waals surface area contributed by atoms with Crippen LogP contribution in [-0.2, 0) is 6.18 Å². The number of nitrogens with zero attached hydrogens (tertiary/aromatic N) is 2. The van der Waals surface area contributed by atoms with E-state index in [-0.39, 0.29) is 11.3 Å².